The Kier molecular flexibility index (Phi) is 3.99. The lowest BCUT2D eigenvalue weighted by molar-refractivity contribution is 0.0383. The minimum atomic E-state index is 0.632. The Balaban J connectivity index is 1.24. The zero-order valence-corrected chi connectivity index (χ0v) is 15.6. The van der Waals surface area contributed by atoms with Crippen LogP contribution in [0, 0.1) is 17.8 Å². The van der Waals surface area contributed by atoms with Gasteiger partial charge in [0, 0.05) is 21.8 Å². The van der Waals surface area contributed by atoms with Gasteiger partial charge in [0.1, 0.15) is 0 Å². The second-order valence-electron chi connectivity index (χ2n) is 8.59. The van der Waals surface area contributed by atoms with E-state index in [-0.39, 0.29) is 0 Å². The van der Waals surface area contributed by atoms with Crippen molar-refractivity contribution >= 4 is 23.1 Å². The van der Waals surface area contributed by atoms with Crippen LogP contribution in [-0.4, -0.2) is 22.8 Å². The van der Waals surface area contributed by atoms with Crippen molar-refractivity contribution < 1.29 is 0 Å². The van der Waals surface area contributed by atoms with Gasteiger partial charge in [0.15, 0.2) is 0 Å². The van der Waals surface area contributed by atoms with Gasteiger partial charge in [-0.2, -0.15) is 0 Å². The Morgan fingerprint density at radius 1 is 1.09 bits per heavy atom. The van der Waals surface area contributed by atoms with E-state index < -0.39 is 0 Å². The summed E-state index contributed by atoms with van der Waals surface area (Å²) >= 11 is 4.20. The third kappa shape index (κ3) is 3.00. The van der Waals surface area contributed by atoms with Gasteiger partial charge in [-0.1, -0.05) is 0 Å². The lowest BCUT2D eigenvalue weighted by Gasteiger charge is -2.56. The Morgan fingerprint density at radius 2 is 1.74 bits per heavy atom. The Bertz CT molecular complexity index is 526. The van der Waals surface area contributed by atoms with E-state index in [0.29, 0.717) is 4.75 Å². The molecule has 4 bridgehead atoms. The molecule has 2 nitrogen and oxygen atoms in total. The van der Waals surface area contributed by atoms with Crippen LogP contribution in [0.2, 0.25) is 0 Å². The Labute approximate surface area is 148 Å². The topological polar surface area (TPSA) is 24.9 Å². The molecule has 1 aliphatic heterocycles. The Morgan fingerprint density at radius 3 is 2.39 bits per heavy atom. The molecule has 126 valence electrons. The molecule has 0 aromatic carbocycles. The van der Waals surface area contributed by atoms with Crippen LogP contribution in [0.15, 0.2) is 5.38 Å². The minimum Gasteiger partial charge on any atom is -0.317 e. The van der Waals surface area contributed by atoms with Crippen molar-refractivity contribution in [2.75, 3.05) is 13.1 Å². The molecule has 0 atom stereocenters. The van der Waals surface area contributed by atoms with Crippen molar-refractivity contribution in [1.82, 2.24) is 10.3 Å². The van der Waals surface area contributed by atoms with Gasteiger partial charge in [0.05, 0.1) is 10.7 Å². The number of aromatic nitrogens is 1. The first-order valence-corrected chi connectivity index (χ1v) is 11.4. The number of hydrogen-bond donors (Lipinski definition) is 1. The molecule has 0 unspecified atom stereocenters. The summed E-state index contributed by atoms with van der Waals surface area (Å²) < 4.78 is 0.632. The maximum Gasteiger partial charge on any atom is 0.0960 e. The van der Waals surface area contributed by atoms with Gasteiger partial charge in [0.25, 0.3) is 0 Å². The summed E-state index contributed by atoms with van der Waals surface area (Å²) in [7, 11) is 0. The van der Waals surface area contributed by atoms with Crippen LogP contribution in [0.25, 0.3) is 0 Å². The molecule has 0 amide bonds. The molecule has 5 fully saturated rings. The van der Waals surface area contributed by atoms with Crippen LogP contribution < -0.4 is 5.32 Å². The van der Waals surface area contributed by atoms with Gasteiger partial charge in [0.2, 0.25) is 0 Å². The van der Waals surface area contributed by atoms with E-state index in [0.717, 1.165) is 29.4 Å². The number of nitrogens with one attached hydrogen (secondary N) is 1. The second kappa shape index (κ2) is 6.03. The van der Waals surface area contributed by atoms with E-state index in [1.807, 2.05) is 11.3 Å². The van der Waals surface area contributed by atoms with Crippen molar-refractivity contribution in [2.24, 2.45) is 17.8 Å². The van der Waals surface area contributed by atoms with E-state index in [1.54, 1.807) is 19.3 Å². The second-order valence-corrected chi connectivity index (χ2v) is 10.9. The number of thiazole rings is 1. The largest absolute Gasteiger partial charge is 0.317 e. The summed E-state index contributed by atoms with van der Waals surface area (Å²) in [4.78, 5) is 5.02. The monoisotopic (exact) mass is 348 g/mol. The van der Waals surface area contributed by atoms with Crippen LogP contribution in [0.3, 0.4) is 0 Å². The smallest absolute Gasteiger partial charge is 0.0960 e. The normalized spacial score (nSPS) is 39.9. The average molecular weight is 349 g/mol. The number of nitrogens with zero attached hydrogens (tertiary/aromatic N) is 1. The zero-order valence-electron chi connectivity index (χ0n) is 13.9. The first-order valence-electron chi connectivity index (χ1n) is 9.57. The standard InChI is InChI=1S/C19H28N2S2/c1-3-20-4-2-16(1)18-21-17(11-22-18)12-23-19-8-13-5-14(9-19)7-15(6-13)10-19/h11,13-16,20H,1-10,12H2. The van der Waals surface area contributed by atoms with Gasteiger partial charge in [-0.05, 0) is 82.2 Å². The maximum atomic E-state index is 5.02. The van der Waals surface area contributed by atoms with Crippen molar-refractivity contribution in [3.63, 3.8) is 0 Å². The number of thioether (sulfide) groups is 1. The fraction of sp³-hybridized carbons (Fsp3) is 0.842. The van der Waals surface area contributed by atoms with Gasteiger partial charge < -0.3 is 5.32 Å². The fourth-order valence-electron chi connectivity index (χ4n) is 6.08. The molecule has 1 aromatic heterocycles. The lowest BCUT2D eigenvalue weighted by Crippen LogP contribution is -2.48. The molecule has 2 heterocycles. The molecular formula is C19H28N2S2. The molecular weight excluding hydrogens is 320 g/mol. The van der Waals surface area contributed by atoms with Crippen molar-refractivity contribution in [3.8, 4) is 0 Å². The van der Waals surface area contributed by atoms with Gasteiger partial charge in [-0.15, -0.1) is 23.1 Å². The molecule has 6 rings (SSSR count). The zero-order chi connectivity index (χ0) is 15.3. The SMILES string of the molecule is c1sc(C2CCNCC2)nc1CSC12CC3CC(CC(C3)C1)C2. The Hall–Kier alpha value is -0.0600. The molecule has 5 aliphatic rings. The van der Waals surface area contributed by atoms with E-state index in [2.05, 4.69) is 22.5 Å². The van der Waals surface area contributed by atoms with Crippen LogP contribution in [0.1, 0.15) is 68.0 Å². The van der Waals surface area contributed by atoms with Crippen molar-refractivity contribution in [3.05, 3.63) is 16.1 Å². The molecule has 0 radical (unpaired) electrons. The van der Waals surface area contributed by atoms with E-state index in [1.165, 1.54) is 55.9 Å². The predicted octanol–water partition coefficient (Wildman–Crippen LogP) is 4.81. The van der Waals surface area contributed by atoms with Gasteiger partial charge >= 0.3 is 0 Å². The summed E-state index contributed by atoms with van der Waals surface area (Å²) in [6.07, 6.45) is 11.7. The first-order chi connectivity index (χ1) is 11.3. The molecule has 4 heteroatoms. The van der Waals surface area contributed by atoms with Crippen LogP contribution in [0.5, 0.6) is 0 Å². The number of piperidine rings is 1. The summed E-state index contributed by atoms with van der Waals surface area (Å²) in [6, 6.07) is 0. The molecule has 23 heavy (non-hydrogen) atoms. The van der Waals surface area contributed by atoms with Crippen molar-refractivity contribution in [1.29, 1.82) is 0 Å². The predicted molar refractivity (Wildman–Crippen MR) is 99.2 cm³/mol. The van der Waals surface area contributed by atoms with E-state index in [9.17, 15) is 0 Å². The van der Waals surface area contributed by atoms with E-state index in [4.69, 9.17) is 4.98 Å². The summed E-state index contributed by atoms with van der Waals surface area (Å²) in [5.74, 6) is 5.08. The van der Waals surface area contributed by atoms with Crippen LogP contribution in [0.4, 0.5) is 0 Å². The molecule has 4 saturated carbocycles. The maximum absolute atomic E-state index is 5.02. The number of rotatable bonds is 4. The average Bonchev–Trinajstić information content (AvgIpc) is 3.02. The lowest BCUT2D eigenvalue weighted by atomic mass is 9.56. The molecule has 1 saturated heterocycles. The summed E-state index contributed by atoms with van der Waals surface area (Å²) in [6.45, 7) is 2.34. The van der Waals surface area contributed by atoms with Crippen LogP contribution >= 0.6 is 23.1 Å². The summed E-state index contributed by atoms with van der Waals surface area (Å²) in [5, 5.41) is 7.23. The summed E-state index contributed by atoms with van der Waals surface area (Å²) in [5.41, 5.74) is 1.37. The number of hydrogen-bond acceptors (Lipinski definition) is 4. The highest BCUT2D eigenvalue weighted by atomic mass is 32.2. The highest BCUT2D eigenvalue weighted by molar-refractivity contribution is 7.99. The van der Waals surface area contributed by atoms with Crippen molar-refractivity contribution in [2.45, 2.75) is 67.8 Å². The van der Waals surface area contributed by atoms with E-state index >= 15 is 0 Å². The third-order valence-electron chi connectivity index (χ3n) is 6.77. The van der Waals surface area contributed by atoms with Gasteiger partial charge in [-0.3, -0.25) is 0 Å². The quantitative estimate of drug-likeness (QED) is 0.845. The van der Waals surface area contributed by atoms with Gasteiger partial charge in [-0.25, -0.2) is 4.98 Å². The molecule has 4 aliphatic carbocycles. The third-order valence-corrected chi connectivity index (χ3v) is 9.37. The molecule has 0 spiro atoms. The molecule has 1 aromatic rings. The highest BCUT2D eigenvalue weighted by Gasteiger charge is 2.51. The molecule has 1 N–H and O–H groups in total. The minimum absolute atomic E-state index is 0.632. The first kappa shape index (κ1) is 15.2. The highest BCUT2D eigenvalue weighted by Crippen LogP contribution is 2.61. The fourth-order valence-corrected chi connectivity index (χ4v) is 8.84. The van der Waals surface area contributed by atoms with Crippen LogP contribution in [-0.2, 0) is 5.75 Å².